The summed E-state index contributed by atoms with van der Waals surface area (Å²) in [5.74, 6) is 0.351. The summed E-state index contributed by atoms with van der Waals surface area (Å²) in [5.41, 5.74) is 17.1. The largest absolute Gasteiger partial charge is 0.456 e. The Bertz CT molecular complexity index is 4430. The van der Waals surface area contributed by atoms with Crippen molar-refractivity contribution in [2.45, 2.75) is 19.8 Å². The van der Waals surface area contributed by atoms with Gasteiger partial charge in [-0.15, -0.1) is 0 Å². The van der Waals surface area contributed by atoms with Crippen molar-refractivity contribution in [2.75, 3.05) is 9.80 Å². The quantitative estimate of drug-likeness (QED) is 0.144. The van der Waals surface area contributed by atoms with E-state index >= 15 is 0 Å². The Morgan fingerprint density at radius 2 is 0.930 bits per heavy atom. The van der Waals surface area contributed by atoms with Crippen LogP contribution in [0.3, 0.4) is 0 Å². The molecule has 0 atom stereocenters. The third kappa shape index (κ3) is 6.52. The van der Waals surface area contributed by atoms with E-state index in [0.717, 1.165) is 89.2 Å². The predicted molar refractivity (Wildman–Crippen MR) is 300 cm³/mol. The van der Waals surface area contributed by atoms with Crippen LogP contribution in [0.2, 0.25) is 0 Å². The molecule has 4 nitrogen and oxygen atoms in total. The summed E-state index contributed by atoms with van der Waals surface area (Å²) in [4.78, 5) is 4.62. The van der Waals surface area contributed by atoms with E-state index in [2.05, 4.69) is 216 Å². The summed E-state index contributed by atoms with van der Waals surface area (Å²) in [6.45, 7) is 4.53. The van der Waals surface area contributed by atoms with E-state index in [1.807, 2.05) is 42.5 Å². The average molecular weight is 912 g/mol. The highest BCUT2D eigenvalue weighted by Gasteiger charge is 2.26. The van der Waals surface area contributed by atoms with Crippen molar-refractivity contribution in [3.05, 3.63) is 248 Å². The summed E-state index contributed by atoms with van der Waals surface area (Å²) < 4.78 is 26.1. The SMILES string of the molecule is [2H]c1ccc(N(c2cccc(-c3ccccc3)c2)c2ccc3c(c2)oc2ccc4c(ccc5c4c4ccc(N(c6ccc([2H])cc6)c6cccc(-c7ccccc7)c6)c6c7cc(C(C)C)ccc7n5c46)c23)cc1. The summed E-state index contributed by atoms with van der Waals surface area (Å²) in [6.07, 6.45) is 0. The molecule has 0 saturated heterocycles. The van der Waals surface area contributed by atoms with Crippen LogP contribution < -0.4 is 9.80 Å². The minimum Gasteiger partial charge on any atom is -0.456 e. The molecule has 14 rings (SSSR count). The lowest BCUT2D eigenvalue weighted by Crippen LogP contribution is -2.10. The van der Waals surface area contributed by atoms with Gasteiger partial charge in [-0.3, -0.25) is 0 Å². The van der Waals surface area contributed by atoms with Gasteiger partial charge < -0.3 is 18.6 Å². The molecule has 71 heavy (non-hydrogen) atoms. The molecule has 4 heteroatoms. The Balaban J connectivity index is 0.978. The molecule has 3 aromatic heterocycles. The topological polar surface area (TPSA) is 24.0 Å². The van der Waals surface area contributed by atoms with Crippen molar-refractivity contribution in [1.29, 1.82) is 0 Å². The van der Waals surface area contributed by atoms with Gasteiger partial charge in [-0.2, -0.15) is 0 Å². The number of hydrogen-bond acceptors (Lipinski definition) is 3. The first-order valence-corrected chi connectivity index (χ1v) is 24.4. The highest BCUT2D eigenvalue weighted by atomic mass is 16.3. The fourth-order valence-corrected chi connectivity index (χ4v) is 11.3. The van der Waals surface area contributed by atoms with E-state index < -0.39 is 0 Å². The fraction of sp³-hybridized carbons (Fsp3) is 0.0448. The molecule has 0 spiro atoms. The minimum atomic E-state index is 0.351. The van der Waals surface area contributed by atoms with Gasteiger partial charge in [0.05, 0.1) is 25.0 Å². The molecule has 0 aliphatic carbocycles. The van der Waals surface area contributed by atoms with E-state index in [1.165, 1.54) is 43.5 Å². The van der Waals surface area contributed by atoms with Crippen LogP contribution in [0.15, 0.2) is 247 Å². The maximum Gasteiger partial charge on any atom is 0.137 e. The third-order valence-electron chi connectivity index (χ3n) is 14.5. The summed E-state index contributed by atoms with van der Waals surface area (Å²) >= 11 is 0. The zero-order valence-electron chi connectivity index (χ0n) is 41.3. The molecule has 0 amide bonds. The molecule has 14 aromatic rings. The van der Waals surface area contributed by atoms with Gasteiger partial charge in [-0.25, -0.2) is 0 Å². The van der Waals surface area contributed by atoms with Crippen molar-refractivity contribution < 1.29 is 7.16 Å². The van der Waals surface area contributed by atoms with E-state index in [1.54, 1.807) is 0 Å². The van der Waals surface area contributed by atoms with E-state index in [9.17, 15) is 0 Å². The molecule has 0 unspecified atom stereocenters. The molecule has 0 N–H and O–H groups in total. The monoisotopic (exact) mass is 911 g/mol. The number of hydrogen-bond donors (Lipinski definition) is 0. The van der Waals surface area contributed by atoms with Gasteiger partial charge >= 0.3 is 0 Å². The van der Waals surface area contributed by atoms with Crippen LogP contribution in [0.5, 0.6) is 0 Å². The molecule has 0 saturated carbocycles. The first kappa shape index (κ1) is 38.8. The number of aromatic nitrogens is 1. The van der Waals surface area contributed by atoms with Gasteiger partial charge in [-0.05, 0) is 142 Å². The summed E-state index contributed by atoms with van der Waals surface area (Å²) in [5, 5.41) is 9.29. The molecule has 3 heterocycles. The summed E-state index contributed by atoms with van der Waals surface area (Å²) in [7, 11) is 0. The van der Waals surface area contributed by atoms with Crippen molar-refractivity contribution in [1.82, 2.24) is 4.40 Å². The normalized spacial score (nSPS) is 12.3. The van der Waals surface area contributed by atoms with Crippen molar-refractivity contribution in [3.63, 3.8) is 0 Å². The lowest BCUT2D eigenvalue weighted by Gasteiger charge is -2.27. The van der Waals surface area contributed by atoms with Crippen molar-refractivity contribution >= 4 is 105 Å². The van der Waals surface area contributed by atoms with Crippen LogP contribution in [0, 0.1) is 0 Å². The van der Waals surface area contributed by atoms with Gasteiger partial charge in [0.1, 0.15) is 11.2 Å². The van der Waals surface area contributed by atoms with Crippen molar-refractivity contribution in [3.8, 4) is 22.3 Å². The molecular formula is C67H47N3O. The standard InChI is InChI=1S/C67H47N3O/c1-43(2)46-29-35-59-58(41-46)66-61(69(50-25-13-6-14-26-50)52-28-16-22-48(40-52)45-19-9-4-10-20-45)37-33-57-64-54-34-38-62-65(55(54)32-36-60(64)70(59)67(57)66)56-31-30-53(42-63(56)71-62)68(49-23-11-5-12-24-49)51-27-15-21-47(39-51)44-17-7-3-8-18-44/h3-43H,1-2H3/i5D,6D. The Morgan fingerprint density at radius 3 is 1.61 bits per heavy atom. The number of furan rings is 1. The van der Waals surface area contributed by atoms with Crippen LogP contribution >= 0.6 is 0 Å². The van der Waals surface area contributed by atoms with E-state index in [0.29, 0.717) is 18.0 Å². The molecule has 0 aliphatic rings. The van der Waals surface area contributed by atoms with Crippen LogP contribution in [0.1, 0.15) is 28.1 Å². The second-order valence-corrected chi connectivity index (χ2v) is 18.9. The van der Waals surface area contributed by atoms with Gasteiger partial charge in [-0.1, -0.05) is 153 Å². The lowest BCUT2D eigenvalue weighted by molar-refractivity contribution is 0.669. The molecule has 11 aromatic carbocycles. The molecule has 0 radical (unpaired) electrons. The molecule has 0 aliphatic heterocycles. The molecule has 336 valence electrons. The minimum absolute atomic E-state index is 0.351. The first-order valence-electron chi connectivity index (χ1n) is 25.4. The summed E-state index contributed by atoms with van der Waals surface area (Å²) in [6, 6.07) is 82.2. The number of rotatable bonds is 9. The Morgan fingerprint density at radius 1 is 0.380 bits per heavy atom. The molecule has 0 bridgehead atoms. The highest BCUT2D eigenvalue weighted by Crippen LogP contribution is 2.50. The third-order valence-corrected chi connectivity index (χ3v) is 14.5. The second-order valence-electron chi connectivity index (χ2n) is 18.9. The Labute approximate surface area is 414 Å². The van der Waals surface area contributed by atoms with Crippen molar-refractivity contribution in [2.24, 2.45) is 0 Å². The predicted octanol–water partition coefficient (Wildman–Crippen LogP) is 19.3. The second kappa shape index (κ2) is 16.3. The van der Waals surface area contributed by atoms with E-state index in [-0.39, 0.29) is 0 Å². The molecule has 0 fully saturated rings. The van der Waals surface area contributed by atoms with Gasteiger partial charge in [0.2, 0.25) is 0 Å². The van der Waals surface area contributed by atoms with Crippen LogP contribution in [0.4, 0.5) is 34.1 Å². The maximum absolute atomic E-state index is 8.45. The smallest absolute Gasteiger partial charge is 0.137 e. The number of para-hydroxylation sites is 2. The Kier molecular flexibility index (Phi) is 8.88. The zero-order valence-corrected chi connectivity index (χ0v) is 39.3. The number of anilines is 6. The Hall–Kier alpha value is -9.12. The van der Waals surface area contributed by atoms with Crippen LogP contribution in [-0.2, 0) is 0 Å². The maximum atomic E-state index is 8.45. The van der Waals surface area contributed by atoms with Crippen LogP contribution in [0.25, 0.3) is 93.1 Å². The highest BCUT2D eigenvalue weighted by molar-refractivity contribution is 6.34. The molecular weight excluding hydrogens is 863 g/mol. The lowest BCUT2D eigenvalue weighted by atomic mass is 9.96. The number of benzene rings is 11. The van der Waals surface area contributed by atoms with Gasteiger partial charge in [0, 0.05) is 66.8 Å². The average Bonchev–Trinajstić information content (AvgIpc) is 4.10. The fourth-order valence-electron chi connectivity index (χ4n) is 11.3. The zero-order chi connectivity index (χ0) is 48.9. The number of nitrogens with zero attached hydrogens (tertiary/aromatic N) is 3. The van der Waals surface area contributed by atoms with Crippen LogP contribution in [-0.4, -0.2) is 4.40 Å². The van der Waals surface area contributed by atoms with Gasteiger partial charge in [0.15, 0.2) is 0 Å². The van der Waals surface area contributed by atoms with E-state index in [4.69, 9.17) is 7.16 Å². The number of fused-ring (bicyclic) bond motifs is 12. The van der Waals surface area contributed by atoms with Gasteiger partial charge in [0.25, 0.3) is 0 Å². The first-order chi connectivity index (χ1) is 35.8.